The molecule has 3 heterocycles. The molecule has 17 heteroatoms. The highest BCUT2D eigenvalue weighted by Gasteiger charge is 2.59. The summed E-state index contributed by atoms with van der Waals surface area (Å²) in [5, 5.41) is 25.1. The smallest absolute Gasteiger partial charge is 0.410 e. The number of fused-ring (bicyclic) bond motifs is 1. The largest absolute Gasteiger partial charge is 0.479 e. The molecular weight excluding hydrogens is 709 g/mol. The average molecular weight is 766 g/mol. The molecular formula is C38H56BN7O9. The summed E-state index contributed by atoms with van der Waals surface area (Å²) < 4.78 is 20.0. The molecule has 0 unspecified atom stereocenters. The standard InChI is InChI=1S/C38H56BN7O9/c1-8-30-38(6)34(46(36(51)55-38)17-10-9-16-45-21-29(43-44-45)26-12-11-13-27(40)18-26)28(14-15-42-53-22-31(47)48)41-20-23(2)19-37(5,52-7)33(39)24(3)32(49)25(4)35(50)54-30/h11-13,15,18,21,23-25,28,30,33-34,41H,8-10,14,16-17,19-20,22,40H2,1-7H3,(H,47,48)/b42-15+/t23-,24+,25-,28-,30-,33-,34-,37-,38-/m1/s1. The Kier molecular flexibility index (Phi) is 14.8. The van der Waals surface area contributed by atoms with Crippen molar-refractivity contribution in [3.05, 3.63) is 30.5 Å². The van der Waals surface area contributed by atoms with Gasteiger partial charge in [0.2, 0.25) is 6.61 Å². The van der Waals surface area contributed by atoms with Gasteiger partial charge in [-0.05, 0) is 76.9 Å². The number of unbranched alkanes of at least 4 members (excludes halogenated alkanes) is 1. The molecule has 2 aliphatic heterocycles. The van der Waals surface area contributed by atoms with Gasteiger partial charge in [-0.3, -0.25) is 19.2 Å². The van der Waals surface area contributed by atoms with Crippen LogP contribution in [0.15, 0.2) is 35.6 Å². The minimum Gasteiger partial charge on any atom is -0.479 e. The van der Waals surface area contributed by atoms with Gasteiger partial charge < -0.3 is 35.2 Å². The van der Waals surface area contributed by atoms with Gasteiger partial charge in [-0.1, -0.05) is 43.3 Å². The molecule has 2 fully saturated rings. The van der Waals surface area contributed by atoms with Gasteiger partial charge in [-0.15, -0.1) is 5.10 Å². The van der Waals surface area contributed by atoms with E-state index < -0.39 is 71.7 Å². The highest BCUT2D eigenvalue weighted by molar-refractivity contribution is 6.15. The van der Waals surface area contributed by atoms with Gasteiger partial charge >= 0.3 is 18.0 Å². The molecule has 16 nitrogen and oxygen atoms in total. The first-order chi connectivity index (χ1) is 26.0. The van der Waals surface area contributed by atoms with Crippen LogP contribution in [0.5, 0.6) is 0 Å². The van der Waals surface area contributed by atoms with Gasteiger partial charge in [-0.2, -0.15) is 0 Å². The van der Waals surface area contributed by atoms with E-state index >= 15 is 0 Å². The van der Waals surface area contributed by atoms with E-state index in [1.165, 1.54) is 13.1 Å². The zero-order valence-electron chi connectivity index (χ0n) is 33.0. The Balaban J connectivity index is 1.65. The number of methoxy groups -OCH3 is 1. The summed E-state index contributed by atoms with van der Waals surface area (Å²) in [5.74, 6) is -4.92. The number of oxime groups is 1. The number of nitrogens with two attached hydrogens (primary N) is 1. The molecule has 0 spiro atoms. The summed E-state index contributed by atoms with van der Waals surface area (Å²) in [6.07, 6.45) is 3.94. The molecule has 300 valence electrons. The number of carbonyl (C=O) groups is 4. The summed E-state index contributed by atoms with van der Waals surface area (Å²) >= 11 is 0. The van der Waals surface area contributed by atoms with Crippen LogP contribution in [-0.2, 0) is 40.0 Å². The van der Waals surface area contributed by atoms with Gasteiger partial charge in [0, 0.05) is 56.0 Å². The van der Waals surface area contributed by atoms with Crippen molar-refractivity contribution in [3.63, 3.8) is 0 Å². The summed E-state index contributed by atoms with van der Waals surface area (Å²) in [5.41, 5.74) is 5.83. The Hall–Kier alpha value is -4.51. The van der Waals surface area contributed by atoms with Crippen LogP contribution in [0.4, 0.5) is 10.5 Å². The maximum Gasteiger partial charge on any atom is 0.410 e. The van der Waals surface area contributed by atoms with Crippen molar-refractivity contribution in [2.24, 2.45) is 22.9 Å². The number of ketones is 1. The van der Waals surface area contributed by atoms with Crippen LogP contribution < -0.4 is 11.1 Å². The fourth-order valence-electron chi connectivity index (χ4n) is 7.79. The third-order valence-corrected chi connectivity index (χ3v) is 11.0. The van der Waals surface area contributed by atoms with Crippen molar-refractivity contribution in [1.29, 1.82) is 0 Å². The molecule has 2 aliphatic rings. The van der Waals surface area contributed by atoms with E-state index in [2.05, 4.69) is 20.8 Å². The number of hydrogen-bond acceptors (Lipinski definition) is 13. The zero-order valence-corrected chi connectivity index (χ0v) is 33.0. The topological polar surface area (TPSA) is 210 Å². The number of carboxylic acid groups (broad SMARTS) is 1. The number of amides is 1. The number of benzene rings is 1. The number of rotatable bonds is 13. The second-order valence-electron chi connectivity index (χ2n) is 15.2. The number of hydrogen-bond donors (Lipinski definition) is 3. The number of anilines is 1. The van der Waals surface area contributed by atoms with Crippen molar-refractivity contribution >= 4 is 43.6 Å². The molecule has 0 bridgehead atoms. The Morgan fingerprint density at radius 3 is 2.60 bits per heavy atom. The number of esters is 1. The van der Waals surface area contributed by atoms with Crippen LogP contribution in [-0.4, -0.2) is 119 Å². The van der Waals surface area contributed by atoms with E-state index in [4.69, 9.17) is 37.7 Å². The van der Waals surface area contributed by atoms with Crippen LogP contribution in [0.25, 0.3) is 11.3 Å². The first-order valence-corrected chi connectivity index (χ1v) is 18.9. The second-order valence-corrected chi connectivity index (χ2v) is 15.2. The summed E-state index contributed by atoms with van der Waals surface area (Å²) in [4.78, 5) is 58.9. The number of carbonyl (C=O) groups excluding carboxylic acids is 3. The lowest BCUT2D eigenvalue weighted by atomic mass is 9.62. The number of cyclic esters (lactones) is 1. The minimum atomic E-state index is -1.37. The quantitative estimate of drug-likeness (QED) is 0.0504. The van der Waals surface area contributed by atoms with Crippen molar-refractivity contribution in [1.82, 2.24) is 25.2 Å². The zero-order chi connectivity index (χ0) is 40.5. The van der Waals surface area contributed by atoms with Crippen molar-refractivity contribution in [2.45, 2.75) is 115 Å². The van der Waals surface area contributed by atoms with Gasteiger partial charge in [0.05, 0.1) is 25.7 Å². The highest BCUT2D eigenvalue weighted by Crippen LogP contribution is 2.41. The van der Waals surface area contributed by atoms with Crippen LogP contribution in [0.2, 0.25) is 5.82 Å². The predicted octanol–water partition coefficient (Wildman–Crippen LogP) is 3.89. The number of nitrogens with one attached hydrogen (secondary N) is 1. The van der Waals surface area contributed by atoms with Gasteiger partial charge in [-0.25, -0.2) is 9.59 Å². The number of aromatic nitrogens is 3. The SMILES string of the molecule is [B][C@@H]1[C@@H](C)C(=O)[C@@H](C)C(=O)O[C@H](CC)[C@@]2(C)OC(=O)N(CCCCn3cc(-c4cccc(N)c4)nn3)[C@@H]2[C@@H](C/C=N/OCC(=O)O)NC[C@H](C)C[C@@]1(C)OC. The van der Waals surface area contributed by atoms with E-state index in [9.17, 15) is 19.2 Å². The monoisotopic (exact) mass is 765 g/mol. The second kappa shape index (κ2) is 18.9. The molecule has 1 amide bonds. The first kappa shape index (κ1) is 43.2. The molecule has 4 rings (SSSR count). The molecule has 0 saturated carbocycles. The van der Waals surface area contributed by atoms with Crippen LogP contribution in [0.1, 0.15) is 73.6 Å². The fraction of sp³-hybridized carbons (Fsp3) is 0.658. The molecule has 4 N–H and O–H groups in total. The third kappa shape index (κ3) is 10.4. The summed E-state index contributed by atoms with van der Waals surface area (Å²) in [7, 11) is 8.25. The van der Waals surface area contributed by atoms with Crippen LogP contribution >= 0.6 is 0 Å². The maximum atomic E-state index is 13.9. The fourth-order valence-corrected chi connectivity index (χ4v) is 7.79. The number of nitrogen functional groups attached to an aromatic ring is 1. The lowest BCUT2D eigenvalue weighted by Crippen LogP contribution is -2.61. The first-order valence-electron chi connectivity index (χ1n) is 18.9. The maximum absolute atomic E-state index is 13.9. The van der Waals surface area contributed by atoms with Crippen molar-refractivity contribution < 1.29 is 43.3 Å². The Morgan fingerprint density at radius 1 is 1.20 bits per heavy atom. The minimum absolute atomic E-state index is 0.0407. The molecule has 9 atom stereocenters. The lowest BCUT2D eigenvalue weighted by Gasteiger charge is -2.42. The number of carboxylic acids is 1. The van der Waals surface area contributed by atoms with E-state index in [0.717, 1.165) is 5.56 Å². The van der Waals surface area contributed by atoms with Crippen LogP contribution in [0, 0.1) is 17.8 Å². The Labute approximate surface area is 324 Å². The summed E-state index contributed by atoms with van der Waals surface area (Å²) in [6, 6.07) is 6.16. The lowest BCUT2D eigenvalue weighted by molar-refractivity contribution is -0.170. The van der Waals surface area contributed by atoms with Gasteiger partial charge in [0.1, 0.15) is 23.5 Å². The van der Waals surface area contributed by atoms with E-state index in [-0.39, 0.29) is 24.5 Å². The van der Waals surface area contributed by atoms with E-state index in [1.54, 1.807) is 36.6 Å². The Morgan fingerprint density at radius 2 is 1.93 bits per heavy atom. The molecule has 1 aromatic heterocycles. The van der Waals surface area contributed by atoms with Gasteiger partial charge in [0.25, 0.3) is 0 Å². The average Bonchev–Trinajstić information content (AvgIpc) is 3.73. The predicted molar refractivity (Wildman–Crippen MR) is 205 cm³/mol. The van der Waals surface area contributed by atoms with Crippen molar-refractivity contribution in [2.75, 3.05) is 32.5 Å². The highest BCUT2D eigenvalue weighted by atomic mass is 16.6. The molecule has 55 heavy (non-hydrogen) atoms. The molecule has 2 saturated heterocycles. The third-order valence-electron chi connectivity index (χ3n) is 11.0. The van der Waals surface area contributed by atoms with E-state index in [1.807, 2.05) is 45.2 Å². The number of nitrogens with zero attached hydrogens (tertiary/aromatic N) is 5. The molecule has 2 aromatic rings. The Bertz CT molecular complexity index is 1680. The number of aliphatic carboxylic acids is 1. The normalized spacial score (nSPS) is 31.0. The summed E-state index contributed by atoms with van der Waals surface area (Å²) in [6.45, 7) is 11.3. The van der Waals surface area contributed by atoms with Crippen molar-refractivity contribution in [3.8, 4) is 11.3 Å². The molecule has 0 aliphatic carbocycles. The number of aryl methyl sites for hydroxylation is 1. The molecule has 2 radical (unpaired) electrons. The number of ether oxygens (including phenoxy) is 3. The van der Waals surface area contributed by atoms with Crippen LogP contribution in [0.3, 0.4) is 0 Å². The van der Waals surface area contributed by atoms with E-state index in [0.29, 0.717) is 50.3 Å². The van der Waals surface area contributed by atoms with Gasteiger partial charge in [0.15, 0.2) is 5.60 Å². The molecule has 1 aromatic carbocycles. The number of Topliss-reactive ketones (excluding diaryl/α,β-unsaturated/α-hetero) is 1.